The lowest BCUT2D eigenvalue weighted by Crippen LogP contribution is -2.34. The molecule has 0 spiro atoms. The Labute approximate surface area is 183 Å². The number of hydrogen-bond donors (Lipinski definition) is 1. The Bertz CT molecular complexity index is 768. The molecule has 0 unspecified atom stereocenters. The highest BCUT2D eigenvalue weighted by Gasteiger charge is 2.26. The lowest BCUT2D eigenvalue weighted by Gasteiger charge is -2.26. The van der Waals surface area contributed by atoms with E-state index in [1.54, 1.807) is 10.8 Å². The fourth-order valence-electron chi connectivity index (χ4n) is 2.61. The fraction of sp³-hybridized carbons (Fsp3) is 0.682. The highest BCUT2D eigenvalue weighted by molar-refractivity contribution is 7.85. The van der Waals surface area contributed by atoms with Crippen molar-refractivity contribution in [2.75, 3.05) is 26.7 Å². The van der Waals surface area contributed by atoms with Crippen molar-refractivity contribution in [3.05, 3.63) is 29.3 Å². The number of rotatable bonds is 6. The first kappa shape index (κ1) is 28.2. The van der Waals surface area contributed by atoms with Gasteiger partial charge in [0.25, 0.3) is 0 Å². The normalized spacial score (nSPS) is 12.1. The van der Waals surface area contributed by atoms with Crippen molar-refractivity contribution >= 4 is 16.4 Å². The molecule has 1 aromatic rings. The van der Waals surface area contributed by atoms with Crippen molar-refractivity contribution in [2.45, 2.75) is 73.1 Å². The molecule has 0 radical (unpaired) electrons. The van der Waals surface area contributed by atoms with E-state index in [0.717, 1.165) is 18.2 Å². The van der Waals surface area contributed by atoms with Gasteiger partial charge in [0.15, 0.2) is 0 Å². The van der Waals surface area contributed by atoms with Gasteiger partial charge in [0, 0.05) is 5.56 Å². The summed E-state index contributed by atoms with van der Waals surface area (Å²) >= 11 is 0. The third-order valence-electron chi connectivity index (χ3n) is 4.59. The molecule has 0 fully saturated rings. The number of hydrogen-bond acceptors (Lipinski definition) is 6. The molecular weight excluding hydrogens is 404 g/mol. The Balaban J connectivity index is 0.00000103. The summed E-state index contributed by atoms with van der Waals surface area (Å²) in [5.41, 5.74) is 1.38. The maximum atomic E-state index is 11.9. The van der Waals surface area contributed by atoms with Crippen molar-refractivity contribution in [3.8, 4) is 5.75 Å². The molecule has 0 aliphatic rings. The molecule has 1 N–H and O–H groups in total. The van der Waals surface area contributed by atoms with E-state index in [9.17, 15) is 13.2 Å². The SMILES string of the molecule is CCN(CC)CC.COC(=O)NS(=O)(=O)Oc1ccc(C(C)(C)C)cc1C(C)(C)C. The Morgan fingerprint density at radius 2 is 1.47 bits per heavy atom. The molecular formula is C22H40N2O5S. The summed E-state index contributed by atoms with van der Waals surface area (Å²) in [7, 11) is -3.23. The molecule has 1 rings (SSSR count). The average Bonchev–Trinajstić information content (AvgIpc) is 2.61. The van der Waals surface area contributed by atoms with E-state index in [2.05, 4.69) is 51.2 Å². The van der Waals surface area contributed by atoms with Gasteiger partial charge in [-0.15, -0.1) is 0 Å². The first-order chi connectivity index (χ1) is 13.6. The topological polar surface area (TPSA) is 84.9 Å². The Morgan fingerprint density at radius 1 is 0.967 bits per heavy atom. The first-order valence-electron chi connectivity index (χ1n) is 10.3. The van der Waals surface area contributed by atoms with Gasteiger partial charge in [-0.3, -0.25) is 0 Å². The van der Waals surface area contributed by atoms with E-state index in [1.165, 1.54) is 19.6 Å². The van der Waals surface area contributed by atoms with Crippen LogP contribution in [0.25, 0.3) is 0 Å². The second-order valence-corrected chi connectivity index (χ2v) is 10.2. The van der Waals surface area contributed by atoms with Crippen LogP contribution in [0.2, 0.25) is 0 Å². The van der Waals surface area contributed by atoms with Gasteiger partial charge >= 0.3 is 16.4 Å². The van der Waals surface area contributed by atoms with Crippen molar-refractivity contribution in [1.29, 1.82) is 0 Å². The zero-order valence-corrected chi connectivity index (χ0v) is 21.1. The van der Waals surface area contributed by atoms with Crippen LogP contribution in [-0.2, 0) is 25.9 Å². The zero-order valence-electron chi connectivity index (χ0n) is 20.3. The summed E-state index contributed by atoms with van der Waals surface area (Å²) < 4.78 is 34.8. The minimum Gasteiger partial charge on any atom is -0.452 e. The highest BCUT2D eigenvalue weighted by Crippen LogP contribution is 2.35. The lowest BCUT2D eigenvalue weighted by molar-refractivity contribution is 0.177. The molecule has 0 aliphatic carbocycles. The number of carbonyl (C=O) groups is 1. The quantitative estimate of drug-likeness (QED) is 0.690. The number of nitrogens with one attached hydrogen (secondary N) is 1. The van der Waals surface area contributed by atoms with Crippen molar-refractivity contribution < 1.29 is 22.1 Å². The monoisotopic (exact) mass is 444 g/mol. The number of benzene rings is 1. The largest absolute Gasteiger partial charge is 0.452 e. The van der Waals surface area contributed by atoms with Crippen LogP contribution in [-0.4, -0.2) is 46.2 Å². The third kappa shape index (κ3) is 9.80. The Kier molecular flexibility index (Phi) is 10.9. The molecule has 174 valence electrons. The molecule has 0 aromatic heterocycles. The molecule has 0 saturated carbocycles. The molecule has 1 aromatic carbocycles. The Hall–Kier alpha value is -1.80. The summed E-state index contributed by atoms with van der Waals surface area (Å²) in [5.74, 6) is 0.182. The standard InChI is InChI=1S/C16H25NO5S.C6H15N/c1-15(2,3)11-8-9-13(12(10-11)16(4,5)6)22-23(19,20)17-14(18)21-7;1-4-7(5-2)6-3/h8-10H,1-7H3,(H,17,18);4-6H2,1-3H3. The van der Waals surface area contributed by atoms with Gasteiger partial charge in [0.1, 0.15) is 5.75 Å². The number of methoxy groups -OCH3 is 1. The Morgan fingerprint density at radius 3 is 1.80 bits per heavy atom. The van der Waals surface area contributed by atoms with Crippen LogP contribution in [0.5, 0.6) is 5.75 Å². The number of carbonyl (C=O) groups excluding carboxylic acids is 1. The third-order valence-corrected chi connectivity index (χ3v) is 5.40. The number of ether oxygens (including phenoxy) is 1. The summed E-state index contributed by atoms with van der Waals surface area (Å²) in [5, 5.41) is 0. The van der Waals surface area contributed by atoms with Gasteiger partial charge < -0.3 is 13.8 Å². The van der Waals surface area contributed by atoms with Gasteiger partial charge in [0.2, 0.25) is 0 Å². The van der Waals surface area contributed by atoms with E-state index in [4.69, 9.17) is 4.18 Å². The maximum Gasteiger partial charge on any atom is 0.423 e. The van der Waals surface area contributed by atoms with Crippen LogP contribution in [0.1, 0.15) is 73.4 Å². The van der Waals surface area contributed by atoms with Crippen LogP contribution in [0.4, 0.5) is 4.79 Å². The van der Waals surface area contributed by atoms with E-state index >= 15 is 0 Å². The predicted molar refractivity (Wildman–Crippen MR) is 122 cm³/mol. The molecule has 0 bridgehead atoms. The molecule has 0 heterocycles. The minimum atomic E-state index is -4.30. The summed E-state index contributed by atoms with van der Waals surface area (Å²) in [6.45, 7) is 22.2. The molecule has 8 heteroatoms. The highest BCUT2D eigenvalue weighted by atomic mass is 32.2. The minimum absolute atomic E-state index is 0.0817. The number of nitrogens with zero attached hydrogens (tertiary/aromatic N) is 1. The first-order valence-corrected chi connectivity index (χ1v) is 11.7. The van der Waals surface area contributed by atoms with Crippen molar-refractivity contribution in [2.24, 2.45) is 0 Å². The van der Waals surface area contributed by atoms with Crippen molar-refractivity contribution in [1.82, 2.24) is 9.62 Å². The van der Waals surface area contributed by atoms with Crippen LogP contribution in [0, 0.1) is 0 Å². The van der Waals surface area contributed by atoms with Crippen LogP contribution >= 0.6 is 0 Å². The van der Waals surface area contributed by atoms with Crippen LogP contribution < -0.4 is 8.91 Å². The molecule has 7 nitrogen and oxygen atoms in total. The molecule has 0 aliphatic heterocycles. The summed E-state index contributed by atoms with van der Waals surface area (Å²) in [4.78, 5) is 13.5. The van der Waals surface area contributed by atoms with Gasteiger partial charge in [-0.25, -0.2) is 4.79 Å². The number of amides is 1. The predicted octanol–water partition coefficient (Wildman–Crippen LogP) is 4.61. The second-order valence-electron chi connectivity index (χ2n) is 8.96. The second kappa shape index (κ2) is 11.6. The molecule has 1 amide bonds. The van der Waals surface area contributed by atoms with Gasteiger partial charge in [-0.2, -0.15) is 13.1 Å². The zero-order chi connectivity index (χ0) is 23.8. The van der Waals surface area contributed by atoms with E-state index < -0.39 is 16.4 Å². The van der Waals surface area contributed by atoms with E-state index in [-0.39, 0.29) is 16.6 Å². The van der Waals surface area contributed by atoms with Crippen LogP contribution in [0.15, 0.2) is 18.2 Å². The molecule has 30 heavy (non-hydrogen) atoms. The summed E-state index contributed by atoms with van der Waals surface area (Å²) in [6.07, 6.45) is -1.10. The van der Waals surface area contributed by atoms with Gasteiger partial charge in [0.05, 0.1) is 7.11 Å². The van der Waals surface area contributed by atoms with Crippen molar-refractivity contribution in [3.63, 3.8) is 0 Å². The van der Waals surface area contributed by atoms with Gasteiger partial charge in [-0.05, 0) is 42.1 Å². The molecule has 0 atom stereocenters. The van der Waals surface area contributed by atoms with Crippen LogP contribution in [0.3, 0.4) is 0 Å². The van der Waals surface area contributed by atoms with Gasteiger partial charge in [-0.1, -0.05) is 74.4 Å². The average molecular weight is 445 g/mol. The maximum absolute atomic E-state index is 11.9. The lowest BCUT2D eigenvalue weighted by atomic mass is 9.80. The van der Waals surface area contributed by atoms with E-state index in [0.29, 0.717) is 0 Å². The fourth-order valence-corrected chi connectivity index (χ4v) is 3.32. The summed E-state index contributed by atoms with van der Waals surface area (Å²) in [6, 6.07) is 5.36. The molecule has 0 saturated heterocycles. The van der Waals surface area contributed by atoms with E-state index in [1.807, 2.05) is 32.9 Å². The smallest absolute Gasteiger partial charge is 0.423 e.